The maximum Gasteiger partial charge on any atom is 0.329 e. The summed E-state index contributed by atoms with van der Waals surface area (Å²) in [6, 6.07) is -0.314. The van der Waals surface area contributed by atoms with Crippen LogP contribution in [0.1, 0.15) is 46.0 Å². The summed E-state index contributed by atoms with van der Waals surface area (Å²) in [5.74, 6) is -0.696. The van der Waals surface area contributed by atoms with Crippen LogP contribution in [0.25, 0.3) is 0 Å². The lowest BCUT2D eigenvalue weighted by molar-refractivity contribution is -0.144. The quantitative estimate of drug-likeness (QED) is 0.689. The van der Waals surface area contributed by atoms with Crippen LogP contribution in [0, 0.1) is 5.92 Å². The standard InChI is InChI=1S/C14H26N2O4/c1-3-7-14(2,12(18)19)15-13(20)16-8-4-5-11(10-16)6-9-17/h11,17H,3-10H2,1-2H3,(H,15,20)(H,18,19). The summed E-state index contributed by atoms with van der Waals surface area (Å²) in [6.07, 6.45) is 3.69. The second-order valence-corrected chi connectivity index (χ2v) is 5.78. The number of carbonyl (C=O) groups is 2. The van der Waals surface area contributed by atoms with E-state index < -0.39 is 11.5 Å². The molecule has 1 saturated heterocycles. The molecule has 1 fully saturated rings. The van der Waals surface area contributed by atoms with Crippen LogP contribution in [0.3, 0.4) is 0 Å². The van der Waals surface area contributed by atoms with Crippen LogP contribution in [-0.2, 0) is 4.79 Å². The number of carbonyl (C=O) groups excluding carboxylic acids is 1. The van der Waals surface area contributed by atoms with Gasteiger partial charge in [0.05, 0.1) is 0 Å². The minimum Gasteiger partial charge on any atom is -0.480 e. The minimum absolute atomic E-state index is 0.128. The third-order valence-electron chi connectivity index (χ3n) is 3.95. The maximum atomic E-state index is 12.2. The summed E-state index contributed by atoms with van der Waals surface area (Å²) in [7, 11) is 0. The molecular weight excluding hydrogens is 260 g/mol. The highest BCUT2D eigenvalue weighted by Crippen LogP contribution is 2.20. The van der Waals surface area contributed by atoms with E-state index >= 15 is 0 Å². The lowest BCUT2D eigenvalue weighted by atomic mass is 9.94. The number of carboxylic acids is 1. The van der Waals surface area contributed by atoms with Crippen LogP contribution in [0.5, 0.6) is 0 Å². The van der Waals surface area contributed by atoms with E-state index in [0.717, 1.165) is 12.8 Å². The van der Waals surface area contributed by atoms with Crippen molar-refractivity contribution in [3.8, 4) is 0 Å². The van der Waals surface area contributed by atoms with Gasteiger partial charge in [0.1, 0.15) is 5.54 Å². The lowest BCUT2D eigenvalue weighted by Gasteiger charge is -2.35. The van der Waals surface area contributed by atoms with Gasteiger partial charge in [-0.2, -0.15) is 0 Å². The van der Waals surface area contributed by atoms with Gasteiger partial charge in [-0.3, -0.25) is 0 Å². The van der Waals surface area contributed by atoms with Gasteiger partial charge in [0.15, 0.2) is 0 Å². The molecule has 0 aromatic heterocycles. The molecule has 0 aromatic carbocycles. The number of amides is 2. The van der Waals surface area contributed by atoms with E-state index in [-0.39, 0.29) is 12.6 Å². The number of urea groups is 1. The summed E-state index contributed by atoms with van der Waals surface area (Å²) in [5.41, 5.74) is -1.21. The SMILES string of the molecule is CCCC(C)(NC(=O)N1CCCC(CCO)C1)C(=O)O. The Hall–Kier alpha value is -1.30. The first-order valence-electron chi connectivity index (χ1n) is 7.34. The number of piperidine rings is 1. The number of aliphatic carboxylic acids is 1. The zero-order valence-corrected chi connectivity index (χ0v) is 12.4. The Bertz CT molecular complexity index is 346. The third-order valence-corrected chi connectivity index (χ3v) is 3.95. The van der Waals surface area contributed by atoms with E-state index in [1.54, 1.807) is 11.8 Å². The van der Waals surface area contributed by atoms with Crippen molar-refractivity contribution in [3.63, 3.8) is 0 Å². The van der Waals surface area contributed by atoms with Crippen molar-refractivity contribution >= 4 is 12.0 Å². The number of hydrogen-bond acceptors (Lipinski definition) is 3. The fourth-order valence-corrected chi connectivity index (χ4v) is 2.71. The van der Waals surface area contributed by atoms with Crippen LogP contribution in [0.15, 0.2) is 0 Å². The molecule has 1 aliphatic rings. The molecule has 0 saturated carbocycles. The monoisotopic (exact) mass is 286 g/mol. The molecule has 116 valence electrons. The van der Waals surface area contributed by atoms with Gasteiger partial charge in [-0.25, -0.2) is 9.59 Å². The second-order valence-electron chi connectivity index (χ2n) is 5.78. The van der Waals surface area contributed by atoms with Gasteiger partial charge in [-0.1, -0.05) is 13.3 Å². The number of hydrogen-bond donors (Lipinski definition) is 3. The second kappa shape index (κ2) is 7.47. The predicted octanol–water partition coefficient (Wildman–Crippen LogP) is 1.43. The summed E-state index contributed by atoms with van der Waals surface area (Å²) >= 11 is 0. The number of rotatable bonds is 6. The van der Waals surface area contributed by atoms with Gasteiger partial charge in [-0.05, 0) is 38.5 Å². The summed E-state index contributed by atoms with van der Waals surface area (Å²) < 4.78 is 0. The van der Waals surface area contributed by atoms with Gasteiger partial charge in [-0.15, -0.1) is 0 Å². The zero-order valence-electron chi connectivity index (χ0n) is 12.4. The van der Waals surface area contributed by atoms with Gasteiger partial charge in [0.25, 0.3) is 0 Å². The van der Waals surface area contributed by atoms with Crippen molar-refractivity contribution in [2.24, 2.45) is 5.92 Å². The molecule has 2 atom stereocenters. The topological polar surface area (TPSA) is 89.9 Å². The molecule has 6 nitrogen and oxygen atoms in total. The van der Waals surface area contributed by atoms with Crippen LogP contribution < -0.4 is 5.32 Å². The molecule has 2 amide bonds. The molecule has 1 aliphatic heterocycles. The Kier molecular flexibility index (Phi) is 6.26. The number of aliphatic hydroxyl groups is 1. The molecule has 20 heavy (non-hydrogen) atoms. The number of nitrogens with zero attached hydrogens (tertiary/aromatic N) is 1. The first-order valence-corrected chi connectivity index (χ1v) is 7.34. The highest BCUT2D eigenvalue weighted by molar-refractivity contribution is 5.85. The number of nitrogens with one attached hydrogen (secondary N) is 1. The molecule has 0 aromatic rings. The number of aliphatic hydroxyl groups excluding tert-OH is 1. The van der Waals surface area contributed by atoms with Crippen molar-refractivity contribution in [2.75, 3.05) is 19.7 Å². The maximum absolute atomic E-state index is 12.2. The van der Waals surface area contributed by atoms with Crippen molar-refractivity contribution in [2.45, 2.75) is 51.5 Å². The van der Waals surface area contributed by atoms with Crippen LogP contribution in [0.4, 0.5) is 4.79 Å². The largest absolute Gasteiger partial charge is 0.480 e. The Morgan fingerprint density at radius 1 is 1.45 bits per heavy atom. The molecule has 0 bridgehead atoms. The summed E-state index contributed by atoms with van der Waals surface area (Å²) in [6.45, 7) is 4.81. The number of likely N-dealkylation sites (tertiary alicyclic amines) is 1. The van der Waals surface area contributed by atoms with E-state index in [1.807, 2.05) is 6.92 Å². The fourth-order valence-electron chi connectivity index (χ4n) is 2.71. The third kappa shape index (κ3) is 4.37. The van der Waals surface area contributed by atoms with Gasteiger partial charge in [0.2, 0.25) is 0 Å². The molecule has 2 unspecified atom stereocenters. The molecule has 3 N–H and O–H groups in total. The van der Waals surface area contributed by atoms with E-state index in [1.165, 1.54) is 0 Å². The zero-order chi connectivity index (χ0) is 15.2. The van der Waals surface area contributed by atoms with E-state index in [2.05, 4.69) is 5.32 Å². The van der Waals surface area contributed by atoms with E-state index in [9.17, 15) is 14.7 Å². The summed E-state index contributed by atoms with van der Waals surface area (Å²) in [5, 5.41) is 20.9. The average molecular weight is 286 g/mol. The van der Waals surface area contributed by atoms with Crippen LogP contribution in [-0.4, -0.2) is 52.3 Å². The van der Waals surface area contributed by atoms with Gasteiger partial charge < -0.3 is 20.4 Å². The summed E-state index contributed by atoms with van der Waals surface area (Å²) in [4.78, 5) is 25.2. The van der Waals surface area contributed by atoms with Gasteiger partial charge >= 0.3 is 12.0 Å². The first-order chi connectivity index (χ1) is 9.42. The average Bonchev–Trinajstić information content (AvgIpc) is 2.39. The van der Waals surface area contributed by atoms with Crippen molar-refractivity contribution in [1.29, 1.82) is 0 Å². The highest BCUT2D eigenvalue weighted by Gasteiger charge is 2.36. The van der Waals surface area contributed by atoms with Crippen molar-refractivity contribution in [1.82, 2.24) is 10.2 Å². The van der Waals surface area contributed by atoms with Gasteiger partial charge in [0, 0.05) is 19.7 Å². The molecule has 0 spiro atoms. The van der Waals surface area contributed by atoms with Crippen molar-refractivity contribution in [3.05, 3.63) is 0 Å². The fraction of sp³-hybridized carbons (Fsp3) is 0.857. The normalized spacial score (nSPS) is 22.1. The molecular formula is C14H26N2O4. The smallest absolute Gasteiger partial charge is 0.329 e. The van der Waals surface area contributed by atoms with Crippen LogP contribution in [0.2, 0.25) is 0 Å². The molecule has 1 heterocycles. The predicted molar refractivity (Wildman–Crippen MR) is 75.5 cm³/mol. The van der Waals surface area contributed by atoms with Crippen molar-refractivity contribution < 1.29 is 19.8 Å². The molecule has 6 heteroatoms. The molecule has 0 radical (unpaired) electrons. The Balaban J connectivity index is 2.62. The van der Waals surface area contributed by atoms with E-state index in [0.29, 0.717) is 38.3 Å². The molecule has 0 aliphatic carbocycles. The molecule has 1 rings (SSSR count). The first kappa shape index (κ1) is 16.8. The number of carboxylic acid groups (broad SMARTS) is 1. The lowest BCUT2D eigenvalue weighted by Crippen LogP contribution is -2.57. The van der Waals surface area contributed by atoms with E-state index in [4.69, 9.17) is 5.11 Å². The Morgan fingerprint density at radius 2 is 2.15 bits per heavy atom. The Morgan fingerprint density at radius 3 is 2.70 bits per heavy atom. The Labute approximate surface area is 120 Å². The highest BCUT2D eigenvalue weighted by atomic mass is 16.4. The van der Waals surface area contributed by atoms with Crippen LogP contribution >= 0.6 is 0 Å². The minimum atomic E-state index is -1.21.